The van der Waals surface area contributed by atoms with Crippen molar-refractivity contribution in [3.05, 3.63) is 190 Å². The molecule has 0 saturated heterocycles. The van der Waals surface area contributed by atoms with Gasteiger partial charge in [0.2, 0.25) is 0 Å². The van der Waals surface area contributed by atoms with Gasteiger partial charge in [0.15, 0.2) is 0 Å². The molecule has 1 fully saturated rings. The molecule has 4 heterocycles. The van der Waals surface area contributed by atoms with E-state index in [0.29, 0.717) is 0 Å². The molecule has 7 aromatic carbocycles. The van der Waals surface area contributed by atoms with Gasteiger partial charge in [0.1, 0.15) is 0 Å². The molecule has 1 aliphatic carbocycles. The molecular weight excluding hydrogens is 735 g/mol. The molecule has 12 rings (SSSR count). The van der Waals surface area contributed by atoms with Crippen molar-refractivity contribution in [2.75, 3.05) is 9.71 Å². The van der Waals surface area contributed by atoms with Gasteiger partial charge < -0.3 is 9.71 Å². The van der Waals surface area contributed by atoms with Gasteiger partial charge >= 0.3 is 6.85 Å². The average molecular weight is 791 g/mol. The molecule has 3 heteroatoms. The van der Waals surface area contributed by atoms with Crippen LogP contribution in [-0.2, 0) is 16.2 Å². The summed E-state index contributed by atoms with van der Waals surface area (Å²) < 4.78 is 0. The first-order chi connectivity index (χ1) is 29.4. The first-order valence-corrected chi connectivity index (χ1v) is 22.8. The zero-order valence-corrected chi connectivity index (χ0v) is 37.1. The molecule has 61 heavy (non-hydrogen) atoms. The minimum Gasteiger partial charge on any atom is -0.376 e. The van der Waals surface area contributed by atoms with E-state index in [1.165, 1.54) is 126 Å². The number of anilines is 4. The Morgan fingerprint density at radius 3 is 1.90 bits per heavy atom. The van der Waals surface area contributed by atoms with E-state index in [1.807, 2.05) is 0 Å². The Bertz CT molecular complexity index is 2930. The Hall–Kier alpha value is -5.80. The Balaban J connectivity index is 1.28. The third kappa shape index (κ3) is 4.60. The predicted molar refractivity (Wildman–Crippen MR) is 259 cm³/mol. The van der Waals surface area contributed by atoms with E-state index in [4.69, 9.17) is 0 Å². The Kier molecular flexibility index (Phi) is 7.53. The van der Waals surface area contributed by atoms with E-state index in [2.05, 4.69) is 205 Å². The van der Waals surface area contributed by atoms with E-state index < -0.39 is 5.41 Å². The van der Waals surface area contributed by atoms with Gasteiger partial charge in [-0.05, 0) is 136 Å². The van der Waals surface area contributed by atoms with Crippen molar-refractivity contribution in [2.24, 2.45) is 0 Å². The van der Waals surface area contributed by atoms with Crippen molar-refractivity contribution in [1.82, 2.24) is 0 Å². The van der Waals surface area contributed by atoms with E-state index in [-0.39, 0.29) is 23.2 Å². The largest absolute Gasteiger partial charge is 0.376 e. The first kappa shape index (κ1) is 37.0. The lowest BCUT2D eigenvalue weighted by molar-refractivity contribution is 0.195. The highest BCUT2D eigenvalue weighted by Crippen LogP contribution is 2.65. The number of hydrogen-bond donors (Lipinski definition) is 0. The lowest BCUT2D eigenvalue weighted by Crippen LogP contribution is -2.65. The van der Waals surface area contributed by atoms with E-state index >= 15 is 0 Å². The fourth-order valence-corrected chi connectivity index (χ4v) is 13.4. The minimum atomic E-state index is -0.533. The molecule has 7 aromatic rings. The standard InChI is InChI=1S/C58H55BN2/c1-36-30-37(2)51(38(3)31-36)39-32-44-43-24-19-26-46-53(43)61(49-27-16-15-25-45(49)58(46,40-20-11-9-12-21-40)41-22-13-10-14-23-41)59-48-35-42(55(4,5)6)34-47-54(48)60(50(33-39)52(44)59)57(8)29-18-17-28-56(47,57)7/h9-16,19-27,30-35H,17-18,28-29H2,1-8H3. The molecule has 1 saturated carbocycles. The maximum Gasteiger partial charge on any atom is 0.333 e. The van der Waals surface area contributed by atoms with Crippen molar-refractivity contribution in [3.8, 4) is 22.3 Å². The number of aryl methyl sites for hydroxylation is 3. The van der Waals surface area contributed by atoms with Gasteiger partial charge in [-0.1, -0.05) is 167 Å². The summed E-state index contributed by atoms with van der Waals surface area (Å²) >= 11 is 0. The highest BCUT2D eigenvalue weighted by Gasteiger charge is 2.63. The van der Waals surface area contributed by atoms with E-state index in [1.54, 1.807) is 5.56 Å². The molecule has 0 bridgehead atoms. The van der Waals surface area contributed by atoms with Crippen LogP contribution in [0.2, 0.25) is 0 Å². The van der Waals surface area contributed by atoms with Crippen molar-refractivity contribution in [2.45, 2.75) is 103 Å². The minimum absolute atomic E-state index is 0.0102. The van der Waals surface area contributed by atoms with Crippen LogP contribution in [0.3, 0.4) is 0 Å². The molecule has 2 unspecified atom stereocenters. The van der Waals surface area contributed by atoms with Gasteiger partial charge in [-0.25, -0.2) is 0 Å². The zero-order chi connectivity index (χ0) is 41.8. The van der Waals surface area contributed by atoms with Crippen molar-refractivity contribution < 1.29 is 0 Å². The summed E-state index contributed by atoms with van der Waals surface area (Å²) in [5.41, 5.74) is 25.5. The van der Waals surface area contributed by atoms with Crippen LogP contribution in [-0.4, -0.2) is 12.4 Å². The van der Waals surface area contributed by atoms with Crippen molar-refractivity contribution >= 4 is 40.5 Å². The van der Waals surface area contributed by atoms with Crippen LogP contribution >= 0.6 is 0 Å². The number of hydrogen-bond acceptors (Lipinski definition) is 2. The average Bonchev–Trinajstić information content (AvgIpc) is 3.46. The maximum atomic E-state index is 2.91. The second-order valence-corrected chi connectivity index (χ2v) is 20.6. The molecule has 0 amide bonds. The number of fused-ring (bicyclic) bond motifs is 9. The first-order valence-electron chi connectivity index (χ1n) is 22.8. The molecule has 4 aliphatic heterocycles. The van der Waals surface area contributed by atoms with Crippen LogP contribution in [0.15, 0.2) is 140 Å². The fraction of sp³-hybridized carbons (Fsp3) is 0.276. The van der Waals surface area contributed by atoms with Crippen molar-refractivity contribution in [1.29, 1.82) is 0 Å². The summed E-state index contributed by atoms with van der Waals surface area (Å²) in [6.45, 7) is 19.3. The molecule has 5 aliphatic rings. The second kappa shape index (κ2) is 12.4. The third-order valence-corrected chi connectivity index (χ3v) is 16.2. The van der Waals surface area contributed by atoms with Crippen molar-refractivity contribution in [3.63, 3.8) is 0 Å². The number of rotatable bonds is 3. The Morgan fingerprint density at radius 2 is 1.21 bits per heavy atom. The maximum absolute atomic E-state index is 2.91. The van der Waals surface area contributed by atoms with Gasteiger partial charge in [-0.15, -0.1) is 0 Å². The van der Waals surface area contributed by atoms with Crippen LogP contribution in [0.5, 0.6) is 0 Å². The normalized spacial score (nSPS) is 21.0. The molecule has 0 N–H and O–H groups in total. The lowest BCUT2D eigenvalue weighted by atomic mass is 9.41. The molecular formula is C58H55BN2. The smallest absolute Gasteiger partial charge is 0.333 e. The van der Waals surface area contributed by atoms with Crippen LogP contribution in [0, 0.1) is 20.8 Å². The van der Waals surface area contributed by atoms with E-state index in [9.17, 15) is 0 Å². The van der Waals surface area contributed by atoms with Crippen LogP contribution in [0.1, 0.15) is 110 Å². The van der Waals surface area contributed by atoms with E-state index in [0.717, 1.165) is 0 Å². The number of para-hydroxylation sites is 2. The predicted octanol–water partition coefficient (Wildman–Crippen LogP) is 13.3. The summed E-state index contributed by atoms with van der Waals surface area (Å²) in [5.74, 6) is 0. The summed E-state index contributed by atoms with van der Waals surface area (Å²) in [7, 11) is 0. The summed E-state index contributed by atoms with van der Waals surface area (Å²) in [6.07, 6.45) is 4.91. The lowest BCUT2D eigenvalue weighted by Gasteiger charge is -2.55. The second-order valence-electron chi connectivity index (χ2n) is 20.6. The number of nitrogens with zero attached hydrogens (tertiary/aromatic N) is 2. The Labute approximate surface area is 363 Å². The fourth-order valence-electron chi connectivity index (χ4n) is 13.4. The van der Waals surface area contributed by atoms with Gasteiger partial charge in [0, 0.05) is 33.7 Å². The topological polar surface area (TPSA) is 6.48 Å². The molecule has 2 atom stereocenters. The highest BCUT2D eigenvalue weighted by molar-refractivity contribution is 6.93. The summed E-state index contributed by atoms with van der Waals surface area (Å²) in [6, 6.07) is 54.5. The van der Waals surface area contributed by atoms with Crippen LogP contribution < -0.4 is 20.6 Å². The van der Waals surface area contributed by atoms with Crippen LogP contribution in [0.25, 0.3) is 22.3 Å². The molecule has 2 nitrogen and oxygen atoms in total. The van der Waals surface area contributed by atoms with Gasteiger partial charge in [0.25, 0.3) is 0 Å². The highest BCUT2D eigenvalue weighted by atomic mass is 15.3. The quantitative estimate of drug-likeness (QED) is 0.165. The SMILES string of the molecule is Cc1cc(C)c(-c2cc3c4c(c2)N2c5c(cc(C(C)(C)C)cc5C5(C)CCCCC25C)B4N2c4ccccc4C(c4ccccc4)(c4ccccc4)c4cccc-3c42)c(C)c1. The van der Waals surface area contributed by atoms with Gasteiger partial charge in [-0.3, -0.25) is 0 Å². The zero-order valence-electron chi connectivity index (χ0n) is 37.1. The van der Waals surface area contributed by atoms with Gasteiger partial charge in [0.05, 0.1) is 11.0 Å². The molecule has 0 aromatic heterocycles. The summed E-state index contributed by atoms with van der Waals surface area (Å²) in [5, 5.41) is 0. The molecule has 0 spiro atoms. The number of benzene rings is 7. The summed E-state index contributed by atoms with van der Waals surface area (Å²) in [4.78, 5) is 5.72. The van der Waals surface area contributed by atoms with Gasteiger partial charge in [-0.2, -0.15) is 0 Å². The Morgan fingerprint density at radius 1 is 0.574 bits per heavy atom. The van der Waals surface area contributed by atoms with Crippen LogP contribution in [0.4, 0.5) is 22.7 Å². The third-order valence-electron chi connectivity index (χ3n) is 16.2. The monoisotopic (exact) mass is 790 g/mol. The molecule has 0 radical (unpaired) electrons. The molecule has 300 valence electrons.